The predicted octanol–water partition coefficient (Wildman–Crippen LogP) is 4.34. The van der Waals surface area contributed by atoms with Crippen molar-refractivity contribution in [2.75, 3.05) is 19.6 Å². The van der Waals surface area contributed by atoms with E-state index in [0.717, 1.165) is 29.6 Å². The minimum Gasteiger partial charge on any atom is -0.351 e. The van der Waals surface area contributed by atoms with Crippen molar-refractivity contribution in [1.82, 2.24) is 20.0 Å². The first kappa shape index (κ1) is 19.9. The number of fused-ring (bicyclic) bond motifs is 1. The van der Waals surface area contributed by atoms with Crippen molar-refractivity contribution < 1.29 is 4.79 Å². The van der Waals surface area contributed by atoms with E-state index in [4.69, 9.17) is 11.6 Å². The Hall–Kier alpha value is -2.37. The van der Waals surface area contributed by atoms with Gasteiger partial charge in [0.05, 0.1) is 18.3 Å². The number of piperidine rings is 1. The Morgan fingerprint density at radius 2 is 2.14 bits per heavy atom. The summed E-state index contributed by atoms with van der Waals surface area (Å²) in [5, 5.41) is 9.29. The third-order valence-electron chi connectivity index (χ3n) is 5.75. The van der Waals surface area contributed by atoms with Crippen LogP contribution < -0.4 is 5.32 Å². The van der Waals surface area contributed by atoms with Crippen LogP contribution in [0.15, 0.2) is 48.7 Å². The fraction of sp³-hybridized carbons (Fsp3) is 0.391. The van der Waals surface area contributed by atoms with Gasteiger partial charge in [0, 0.05) is 35.1 Å². The number of nitrogens with zero attached hydrogens (tertiary/aromatic N) is 3. The molecule has 0 unspecified atom stereocenters. The molecule has 0 aliphatic carbocycles. The number of likely N-dealkylation sites (tertiary alicyclic amines) is 1. The van der Waals surface area contributed by atoms with E-state index in [-0.39, 0.29) is 5.91 Å². The first-order valence-electron chi connectivity index (χ1n) is 10.3. The second-order valence-electron chi connectivity index (χ2n) is 7.84. The van der Waals surface area contributed by atoms with Gasteiger partial charge in [-0.25, -0.2) is 0 Å². The van der Waals surface area contributed by atoms with Gasteiger partial charge in [0.25, 0.3) is 5.91 Å². The molecule has 0 spiro atoms. The maximum atomic E-state index is 12.7. The average Bonchev–Trinajstić information content (AvgIpc) is 3.11. The summed E-state index contributed by atoms with van der Waals surface area (Å²) in [4.78, 5) is 15.1. The van der Waals surface area contributed by atoms with Gasteiger partial charge in [-0.15, -0.1) is 0 Å². The largest absolute Gasteiger partial charge is 0.351 e. The molecule has 1 atom stereocenters. The van der Waals surface area contributed by atoms with E-state index < -0.39 is 0 Å². The number of rotatable bonds is 6. The van der Waals surface area contributed by atoms with E-state index in [2.05, 4.69) is 22.2 Å². The third kappa shape index (κ3) is 4.80. The molecule has 0 saturated carbocycles. The first-order chi connectivity index (χ1) is 14.1. The minimum atomic E-state index is -0.0351. The smallest absolute Gasteiger partial charge is 0.251 e. The zero-order valence-electron chi connectivity index (χ0n) is 16.8. The van der Waals surface area contributed by atoms with Crippen LogP contribution in [0.2, 0.25) is 5.02 Å². The number of halogens is 1. The van der Waals surface area contributed by atoms with Crippen molar-refractivity contribution in [2.24, 2.45) is 0 Å². The fourth-order valence-electron chi connectivity index (χ4n) is 4.05. The molecule has 4 rings (SSSR count). The molecule has 1 fully saturated rings. The van der Waals surface area contributed by atoms with E-state index >= 15 is 0 Å². The molecule has 6 heteroatoms. The summed E-state index contributed by atoms with van der Waals surface area (Å²) in [5.41, 5.74) is 2.69. The molecule has 5 nitrogen and oxygen atoms in total. The molecule has 1 aliphatic heterocycles. The molecule has 2 heterocycles. The van der Waals surface area contributed by atoms with Crippen molar-refractivity contribution in [3.05, 3.63) is 64.8 Å². The number of benzene rings is 2. The summed E-state index contributed by atoms with van der Waals surface area (Å²) >= 11 is 6.10. The first-order valence-corrected chi connectivity index (χ1v) is 10.7. The summed E-state index contributed by atoms with van der Waals surface area (Å²) in [6.07, 6.45) is 5.65. The van der Waals surface area contributed by atoms with Crippen molar-refractivity contribution in [3.63, 3.8) is 0 Å². The summed E-state index contributed by atoms with van der Waals surface area (Å²) in [7, 11) is 0. The molecule has 0 radical (unpaired) electrons. The van der Waals surface area contributed by atoms with Crippen LogP contribution in [0.4, 0.5) is 0 Å². The van der Waals surface area contributed by atoms with Crippen LogP contribution in [-0.4, -0.2) is 46.3 Å². The van der Waals surface area contributed by atoms with Gasteiger partial charge in [-0.05, 0) is 56.1 Å². The van der Waals surface area contributed by atoms with E-state index in [1.165, 1.54) is 19.3 Å². The highest BCUT2D eigenvalue weighted by Gasteiger charge is 2.18. The highest BCUT2D eigenvalue weighted by atomic mass is 35.5. The summed E-state index contributed by atoms with van der Waals surface area (Å²) < 4.78 is 1.91. The Kier molecular flexibility index (Phi) is 6.16. The van der Waals surface area contributed by atoms with Gasteiger partial charge >= 0.3 is 0 Å². The molecule has 29 heavy (non-hydrogen) atoms. The second-order valence-corrected chi connectivity index (χ2v) is 8.28. The van der Waals surface area contributed by atoms with Crippen LogP contribution in [0.1, 0.15) is 42.1 Å². The van der Waals surface area contributed by atoms with Crippen molar-refractivity contribution >= 4 is 28.4 Å². The second kappa shape index (κ2) is 8.97. The normalized spacial score (nSPS) is 17.5. The Balaban J connectivity index is 1.43. The maximum absolute atomic E-state index is 12.7. The van der Waals surface area contributed by atoms with Crippen LogP contribution >= 0.6 is 11.6 Å². The monoisotopic (exact) mass is 410 g/mol. The molecule has 3 aromatic rings. The Morgan fingerprint density at radius 3 is 2.97 bits per heavy atom. The Bertz CT molecular complexity index is 999. The molecule has 0 bridgehead atoms. The zero-order valence-corrected chi connectivity index (χ0v) is 17.5. The number of nitrogens with one attached hydrogen (secondary N) is 1. The minimum absolute atomic E-state index is 0.0351. The number of aromatic nitrogens is 2. The van der Waals surface area contributed by atoms with E-state index in [1.54, 1.807) is 0 Å². The molecule has 1 aromatic heterocycles. The van der Waals surface area contributed by atoms with Crippen LogP contribution in [0.25, 0.3) is 10.9 Å². The molecular formula is C23H27ClN4O. The lowest BCUT2D eigenvalue weighted by Crippen LogP contribution is -2.42. The SMILES string of the molecule is C[C@@H]1CCCCN1CCNC(=O)c1ccc2cnn(Cc3cccc(Cl)c3)c2c1. The quantitative estimate of drug-likeness (QED) is 0.657. The van der Waals surface area contributed by atoms with Gasteiger partial charge in [0.1, 0.15) is 0 Å². The summed E-state index contributed by atoms with van der Waals surface area (Å²) in [5.74, 6) is -0.0351. The lowest BCUT2D eigenvalue weighted by atomic mass is 10.0. The van der Waals surface area contributed by atoms with Gasteiger partial charge in [-0.3, -0.25) is 14.4 Å². The van der Waals surface area contributed by atoms with Gasteiger partial charge in [-0.2, -0.15) is 5.10 Å². The lowest BCUT2D eigenvalue weighted by Gasteiger charge is -2.33. The van der Waals surface area contributed by atoms with E-state index in [0.29, 0.717) is 29.7 Å². The third-order valence-corrected chi connectivity index (χ3v) is 5.99. The molecule has 1 N–H and O–H groups in total. The van der Waals surface area contributed by atoms with Crippen molar-refractivity contribution in [2.45, 2.75) is 38.8 Å². The summed E-state index contributed by atoms with van der Waals surface area (Å²) in [6.45, 7) is 5.59. The standard InChI is InChI=1S/C23H27ClN4O/c1-17-5-2-3-11-27(17)12-10-25-23(29)19-8-9-20-15-26-28(22(20)14-19)16-18-6-4-7-21(24)13-18/h4,6-9,13-15,17H,2-3,5,10-12,16H2,1H3,(H,25,29)/t17-/m1/s1. The van der Waals surface area contributed by atoms with Gasteiger partial charge in [-0.1, -0.05) is 36.2 Å². The van der Waals surface area contributed by atoms with E-state index in [9.17, 15) is 4.79 Å². The van der Waals surface area contributed by atoms with E-state index in [1.807, 2.05) is 53.3 Å². The van der Waals surface area contributed by atoms with Gasteiger partial charge < -0.3 is 5.32 Å². The summed E-state index contributed by atoms with van der Waals surface area (Å²) in [6, 6.07) is 14.1. The number of hydrogen-bond donors (Lipinski definition) is 1. The number of amides is 1. The average molecular weight is 411 g/mol. The highest BCUT2D eigenvalue weighted by molar-refractivity contribution is 6.30. The zero-order chi connectivity index (χ0) is 20.2. The number of hydrogen-bond acceptors (Lipinski definition) is 3. The van der Waals surface area contributed by atoms with Gasteiger partial charge in [0.2, 0.25) is 0 Å². The lowest BCUT2D eigenvalue weighted by molar-refractivity contribution is 0.0938. The fourth-order valence-corrected chi connectivity index (χ4v) is 4.26. The Labute approximate surface area is 176 Å². The molecular weight excluding hydrogens is 384 g/mol. The van der Waals surface area contributed by atoms with Gasteiger partial charge in [0.15, 0.2) is 0 Å². The topological polar surface area (TPSA) is 50.2 Å². The van der Waals surface area contributed by atoms with Crippen LogP contribution in [0, 0.1) is 0 Å². The van der Waals surface area contributed by atoms with Crippen LogP contribution in [0.5, 0.6) is 0 Å². The number of carbonyl (C=O) groups is 1. The molecule has 152 valence electrons. The maximum Gasteiger partial charge on any atom is 0.251 e. The van der Waals surface area contributed by atoms with Crippen molar-refractivity contribution in [3.8, 4) is 0 Å². The highest BCUT2D eigenvalue weighted by Crippen LogP contribution is 2.19. The molecule has 2 aromatic carbocycles. The van der Waals surface area contributed by atoms with Crippen molar-refractivity contribution in [1.29, 1.82) is 0 Å². The molecule has 1 amide bonds. The molecule has 1 saturated heterocycles. The Morgan fingerprint density at radius 1 is 1.24 bits per heavy atom. The van der Waals surface area contributed by atoms with Crippen LogP contribution in [-0.2, 0) is 6.54 Å². The number of carbonyl (C=O) groups excluding carboxylic acids is 1. The predicted molar refractivity (Wildman–Crippen MR) is 118 cm³/mol. The van der Waals surface area contributed by atoms with Crippen LogP contribution in [0.3, 0.4) is 0 Å². The molecule has 1 aliphatic rings.